The van der Waals surface area contributed by atoms with Gasteiger partial charge in [-0.1, -0.05) is 53.4 Å². The Bertz CT molecular complexity index is 342. The minimum atomic E-state index is 0.440. The highest BCUT2D eigenvalue weighted by atomic mass is 32.2. The molecule has 0 unspecified atom stereocenters. The minimum absolute atomic E-state index is 0.440. The largest absolute Gasteiger partial charge is 0.387 e. The number of nitrogens with zero attached hydrogens (tertiary/aromatic N) is 1. The van der Waals surface area contributed by atoms with Crippen molar-refractivity contribution in [1.29, 1.82) is 5.41 Å². The van der Waals surface area contributed by atoms with Crippen LogP contribution in [-0.2, 0) is 0 Å². The van der Waals surface area contributed by atoms with E-state index in [1.54, 1.807) is 11.8 Å². The van der Waals surface area contributed by atoms with Crippen molar-refractivity contribution in [3.8, 4) is 0 Å². The van der Waals surface area contributed by atoms with E-state index >= 15 is 0 Å². The molecule has 162 valence electrons. The second kappa shape index (κ2) is 22.1. The molecule has 0 amide bonds. The van der Waals surface area contributed by atoms with Gasteiger partial charge in [0.05, 0.1) is 16.9 Å². The van der Waals surface area contributed by atoms with Crippen molar-refractivity contribution < 1.29 is 0 Å². The Kier molecular flexibility index (Phi) is 23.7. The average molecular weight is 419 g/mol. The SMILES string of the molecule is CCCC(CCC)N=C(N)CCS.CCCC(N)CCC.N=C1CCCS1. The van der Waals surface area contributed by atoms with Crippen molar-refractivity contribution in [1.82, 2.24) is 0 Å². The van der Waals surface area contributed by atoms with Crippen LogP contribution in [0.1, 0.15) is 98.3 Å². The highest BCUT2D eigenvalue weighted by Gasteiger charge is 2.05. The third-order valence-corrected chi connectivity index (χ3v) is 5.37. The molecular formula is C21H46N4S2. The van der Waals surface area contributed by atoms with Crippen LogP contribution in [-0.4, -0.2) is 34.5 Å². The molecule has 1 aliphatic heterocycles. The van der Waals surface area contributed by atoms with Gasteiger partial charge in [0.2, 0.25) is 0 Å². The van der Waals surface area contributed by atoms with Crippen molar-refractivity contribution in [2.24, 2.45) is 16.5 Å². The first kappa shape index (κ1) is 29.0. The number of thioether (sulfide) groups is 1. The predicted octanol–water partition coefficient (Wildman–Crippen LogP) is 6.04. The lowest BCUT2D eigenvalue weighted by Gasteiger charge is -2.10. The Morgan fingerprint density at radius 2 is 1.59 bits per heavy atom. The quantitative estimate of drug-likeness (QED) is 0.187. The molecule has 6 heteroatoms. The first-order valence-corrected chi connectivity index (χ1v) is 12.4. The molecule has 4 nitrogen and oxygen atoms in total. The third-order valence-electron chi connectivity index (χ3n) is 4.10. The van der Waals surface area contributed by atoms with E-state index < -0.39 is 0 Å². The molecule has 1 rings (SSSR count). The van der Waals surface area contributed by atoms with Crippen LogP contribution in [0.2, 0.25) is 0 Å². The van der Waals surface area contributed by atoms with Gasteiger partial charge in [0.1, 0.15) is 0 Å². The zero-order valence-corrected chi connectivity index (χ0v) is 20.0. The topological polar surface area (TPSA) is 88.2 Å². The van der Waals surface area contributed by atoms with Crippen LogP contribution < -0.4 is 11.5 Å². The molecule has 1 saturated heterocycles. The van der Waals surface area contributed by atoms with E-state index in [-0.39, 0.29) is 0 Å². The number of hydrogen-bond acceptors (Lipinski definition) is 5. The number of thiol groups is 1. The zero-order chi connectivity index (χ0) is 20.9. The van der Waals surface area contributed by atoms with Crippen LogP contribution in [0.3, 0.4) is 0 Å². The molecule has 0 aromatic heterocycles. The van der Waals surface area contributed by atoms with Crippen molar-refractivity contribution in [3.05, 3.63) is 0 Å². The fraction of sp³-hybridized carbons (Fsp3) is 0.905. The fourth-order valence-corrected chi connectivity index (χ4v) is 3.79. The molecule has 0 bridgehead atoms. The van der Waals surface area contributed by atoms with Gasteiger partial charge in [-0.3, -0.25) is 10.4 Å². The van der Waals surface area contributed by atoms with Crippen LogP contribution in [0.5, 0.6) is 0 Å². The maximum absolute atomic E-state index is 7.01. The van der Waals surface area contributed by atoms with Gasteiger partial charge in [0.15, 0.2) is 0 Å². The molecule has 0 aromatic carbocycles. The molecule has 0 radical (unpaired) electrons. The van der Waals surface area contributed by atoms with E-state index in [0.29, 0.717) is 12.1 Å². The summed E-state index contributed by atoms with van der Waals surface area (Å²) in [6, 6.07) is 0.903. The van der Waals surface area contributed by atoms with Gasteiger partial charge in [-0.05, 0) is 50.0 Å². The lowest BCUT2D eigenvalue weighted by molar-refractivity contribution is 0.554. The summed E-state index contributed by atoms with van der Waals surface area (Å²) in [4.78, 5) is 4.49. The van der Waals surface area contributed by atoms with Gasteiger partial charge in [-0.25, -0.2) is 0 Å². The normalized spacial score (nSPS) is 14.1. The Balaban J connectivity index is 0. The number of aliphatic imine (C=N–C) groups is 1. The fourth-order valence-electron chi connectivity index (χ4n) is 2.74. The molecule has 5 N–H and O–H groups in total. The second-order valence-electron chi connectivity index (χ2n) is 7.04. The van der Waals surface area contributed by atoms with Gasteiger partial charge in [0, 0.05) is 12.5 Å². The van der Waals surface area contributed by atoms with Gasteiger partial charge < -0.3 is 11.5 Å². The lowest BCUT2D eigenvalue weighted by Crippen LogP contribution is -2.18. The van der Waals surface area contributed by atoms with E-state index in [0.717, 1.165) is 42.3 Å². The third kappa shape index (κ3) is 22.0. The first-order chi connectivity index (χ1) is 12.9. The molecule has 1 aliphatic rings. The van der Waals surface area contributed by atoms with Gasteiger partial charge in [-0.15, -0.1) is 11.8 Å². The van der Waals surface area contributed by atoms with Crippen LogP contribution >= 0.6 is 24.4 Å². The number of rotatable bonds is 11. The van der Waals surface area contributed by atoms with E-state index in [1.807, 2.05) is 0 Å². The number of nitrogens with two attached hydrogens (primary N) is 2. The lowest BCUT2D eigenvalue weighted by atomic mass is 10.1. The van der Waals surface area contributed by atoms with Gasteiger partial charge in [-0.2, -0.15) is 12.6 Å². The molecular weight excluding hydrogens is 372 g/mol. The predicted molar refractivity (Wildman–Crippen MR) is 131 cm³/mol. The Morgan fingerprint density at radius 1 is 1.07 bits per heavy atom. The summed E-state index contributed by atoms with van der Waals surface area (Å²) in [5.41, 5.74) is 11.4. The Hall–Kier alpha value is -0.200. The van der Waals surface area contributed by atoms with Crippen molar-refractivity contribution in [3.63, 3.8) is 0 Å². The van der Waals surface area contributed by atoms with Crippen LogP contribution in [0, 0.1) is 5.41 Å². The average Bonchev–Trinajstić information content (AvgIpc) is 3.08. The van der Waals surface area contributed by atoms with Crippen molar-refractivity contribution >= 4 is 35.3 Å². The monoisotopic (exact) mass is 418 g/mol. The summed E-state index contributed by atoms with van der Waals surface area (Å²) < 4.78 is 0. The van der Waals surface area contributed by atoms with Crippen LogP contribution in [0.25, 0.3) is 0 Å². The molecule has 1 heterocycles. The van der Waals surface area contributed by atoms with Gasteiger partial charge >= 0.3 is 0 Å². The molecule has 0 spiro atoms. The summed E-state index contributed by atoms with van der Waals surface area (Å²) in [5.74, 6) is 2.74. The van der Waals surface area contributed by atoms with Crippen molar-refractivity contribution in [2.45, 2.75) is 110 Å². The molecule has 0 saturated carbocycles. The summed E-state index contributed by atoms with van der Waals surface area (Å²) in [6.45, 7) is 8.73. The molecule has 0 atom stereocenters. The Labute approximate surface area is 179 Å². The smallest absolute Gasteiger partial charge is 0.0948 e. The second-order valence-corrected chi connectivity index (χ2v) is 8.67. The van der Waals surface area contributed by atoms with E-state index in [9.17, 15) is 0 Å². The van der Waals surface area contributed by atoms with Crippen LogP contribution in [0.4, 0.5) is 0 Å². The van der Waals surface area contributed by atoms with E-state index in [4.69, 9.17) is 16.9 Å². The summed E-state index contributed by atoms with van der Waals surface area (Å²) >= 11 is 5.81. The minimum Gasteiger partial charge on any atom is -0.387 e. The molecule has 1 fully saturated rings. The number of amidine groups is 1. The standard InChI is InChI=1S/C10H22N2S.C7H17N.C4H7NS/c1-3-5-9(6-4-2)12-10(11)7-8-13;1-3-5-7(8)6-4-2;5-4-2-1-3-6-4/h9,13H,3-8H2,1-2H3,(H2,11,12);7H,3-6,8H2,1-2H3;5H,1-3H2. The molecule has 27 heavy (non-hydrogen) atoms. The summed E-state index contributed by atoms with van der Waals surface area (Å²) in [5, 5.41) is 7.88. The first-order valence-electron chi connectivity index (χ1n) is 10.8. The maximum Gasteiger partial charge on any atom is 0.0948 e. The van der Waals surface area contributed by atoms with Crippen molar-refractivity contribution in [2.75, 3.05) is 11.5 Å². The summed E-state index contributed by atoms with van der Waals surface area (Å²) in [7, 11) is 0. The Morgan fingerprint density at radius 3 is 1.89 bits per heavy atom. The van der Waals surface area contributed by atoms with E-state index in [1.165, 1.54) is 50.7 Å². The highest BCUT2D eigenvalue weighted by molar-refractivity contribution is 8.14. The highest BCUT2D eigenvalue weighted by Crippen LogP contribution is 2.17. The molecule has 0 aliphatic carbocycles. The summed E-state index contributed by atoms with van der Waals surface area (Å²) in [6.07, 6.45) is 12.6. The van der Waals surface area contributed by atoms with E-state index in [2.05, 4.69) is 45.3 Å². The van der Waals surface area contributed by atoms with Crippen LogP contribution in [0.15, 0.2) is 4.99 Å². The number of nitrogens with one attached hydrogen (secondary N) is 1. The van der Waals surface area contributed by atoms with Gasteiger partial charge in [0.25, 0.3) is 0 Å². The number of hydrogen-bond donors (Lipinski definition) is 4. The molecule has 0 aromatic rings. The maximum atomic E-state index is 7.01. The zero-order valence-electron chi connectivity index (χ0n) is 18.3.